The van der Waals surface area contributed by atoms with Gasteiger partial charge in [0, 0.05) is 19.3 Å². The van der Waals surface area contributed by atoms with Gasteiger partial charge in [-0.2, -0.15) is 0 Å². The molecule has 0 aliphatic carbocycles. The molecular formula is C14H19N3O. The fourth-order valence-corrected chi connectivity index (χ4v) is 1.84. The van der Waals surface area contributed by atoms with Gasteiger partial charge >= 0.3 is 0 Å². The van der Waals surface area contributed by atoms with Crippen LogP contribution in [-0.4, -0.2) is 12.0 Å². The van der Waals surface area contributed by atoms with Crippen molar-refractivity contribution in [1.82, 2.24) is 4.98 Å². The predicted octanol–water partition coefficient (Wildman–Crippen LogP) is 2.33. The molecule has 0 unspecified atom stereocenters. The summed E-state index contributed by atoms with van der Waals surface area (Å²) in [4.78, 5) is 6.68. The first kappa shape index (κ1) is 12.6. The molecule has 0 radical (unpaired) electrons. The molecule has 0 atom stereocenters. The standard InChI is InChI=1S/C14H19N3O/c1-3-12-7-11(9-15)8-14(16-12)17(2)10-13-5-4-6-18-13/h4-8H,3,9-10,15H2,1-2H3. The van der Waals surface area contributed by atoms with Crippen molar-refractivity contribution in [2.75, 3.05) is 11.9 Å². The summed E-state index contributed by atoms with van der Waals surface area (Å²) in [5.41, 5.74) is 7.90. The number of aryl methyl sites for hydroxylation is 1. The van der Waals surface area contributed by atoms with Crippen molar-refractivity contribution in [3.63, 3.8) is 0 Å². The first-order chi connectivity index (χ1) is 8.72. The Morgan fingerprint density at radius 1 is 1.39 bits per heavy atom. The summed E-state index contributed by atoms with van der Waals surface area (Å²) in [5, 5.41) is 0. The second kappa shape index (κ2) is 5.69. The van der Waals surface area contributed by atoms with Crippen LogP contribution in [-0.2, 0) is 19.5 Å². The second-order valence-corrected chi connectivity index (χ2v) is 4.32. The van der Waals surface area contributed by atoms with Gasteiger partial charge in [0.25, 0.3) is 0 Å². The molecular weight excluding hydrogens is 226 g/mol. The molecule has 4 nitrogen and oxygen atoms in total. The van der Waals surface area contributed by atoms with Crippen LogP contribution in [0.25, 0.3) is 0 Å². The molecule has 0 aliphatic heterocycles. The monoisotopic (exact) mass is 245 g/mol. The number of nitrogens with two attached hydrogens (primary N) is 1. The Morgan fingerprint density at radius 3 is 2.83 bits per heavy atom. The van der Waals surface area contributed by atoms with E-state index in [4.69, 9.17) is 10.2 Å². The molecule has 4 heteroatoms. The van der Waals surface area contributed by atoms with Crippen molar-refractivity contribution in [2.24, 2.45) is 5.73 Å². The minimum absolute atomic E-state index is 0.539. The van der Waals surface area contributed by atoms with Gasteiger partial charge < -0.3 is 15.1 Å². The van der Waals surface area contributed by atoms with Crippen molar-refractivity contribution >= 4 is 5.82 Å². The predicted molar refractivity (Wildman–Crippen MR) is 72.3 cm³/mol. The van der Waals surface area contributed by atoms with Crippen LogP contribution in [0.4, 0.5) is 5.82 Å². The fourth-order valence-electron chi connectivity index (χ4n) is 1.84. The minimum atomic E-state index is 0.539. The molecule has 0 bridgehead atoms. The highest BCUT2D eigenvalue weighted by Crippen LogP contribution is 2.16. The largest absolute Gasteiger partial charge is 0.467 e. The molecule has 2 aromatic heterocycles. The zero-order valence-corrected chi connectivity index (χ0v) is 10.9. The number of rotatable bonds is 5. The Hall–Kier alpha value is -1.81. The number of aromatic nitrogens is 1. The maximum Gasteiger partial charge on any atom is 0.129 e. The second-order valence-electron chi connectivity index (χ2n) is 4.32. The van der Waals surface area contributed by atoms with E-state index in [1.54, 1.807) is 6.26 Å². The smallest absolute Gasteiger partial charge is 0.129 e. The van der Waals surface area contributed by atoms with Gasteiger partial charge in [0.15, 0.2) is 0 Å². The SMILES string of the molecule is CCc1cc(CN)cc(N(C)Cc2ccco2)n1. The van der Waals surface area contributed by atoms with Crippen LogP contribution in [0.2, 0.25) is 0 Å². The maximum absolute atomic E-state index is 5.71. The van der Waals surface area contributed by atoms with Crippen molar-refractivity contribution in [3.8, 4) is 0 Å². The summed E-state index contributed by atoms with van der Waals surface area (Å²) in [7, 11) is 2.00. The van der Waals surface area contributed by atoms with E-state index in [9.17, 15) is 0 Å². The third-order valence-corrected chi connectivity index (χ3v) is 2.89. The third-order valence-electron chi connectivity index (χ3n) is 2.89. The van der Waals surface area contributed by atoms with E-state index in [0.29, 0.717) is 13.1 Å². The highest BCUT2D eigenvalue weighted by atomic mass is 16.3. The van der Waals surface area contributed by atoms with Gasteiger partial charge in [-0.15, -0.1) is 0 Å². The molecule has 18 heavy (non-hydrogen) atoms. The lowest BCUT2D eigenvalue weighted by Crippen LogP contribution is -2.18. The summed E-state index contributed by atoms with van der Waals surface area (Å²) >= 11 is 0. The molecule has 0 fully saturated rings. The van der Waals surface area contributed by atoms with Gasteiger partial charge in [-0.3, -0.25) is 0 Å². The van der Waals surface area contributed by atoms with Crippen LogP contribution < -0.4 is 10.6 Å². The molecule has 0 amide bonds. The van der Waals surface area contributed by atoms with Gasteiger partial charge in [-0.25, -0.2) is 4.98 Å². The number of pyridine rings is 1. The number of nitrogens with zero attached hydrogens (tertiary/aromatic N) is 2. The van der Waals surface area contributed by atoms with Crippen LogP contribution in [0.15, 0.2) is 34.9 Å². The van der Waals surface area contributed by atoms with Crippen molar-refractivity contribution < 1.29 is 4.42 Å². The molecule has 0 saturated carbocycles. The van der Waals surface area contributed by atoms with E-state index in [1.807, 2.05) is 25.2 Å². The van der Waals surface area contributed by atoms with Gasteiger partial charge in [0.2, 0.25) is 0 Å². The number of anilines is 1. The summed E-state index contributed by atoms with van der Waals surface area (Å²) in [5.74, 6) is 1.86. The van der Waals surface area contributed by atoms with E-state index in [1.165, 1.54) is 0 Å². The lowest BCUT2D eigenvalue weighted by atomic mass is 10.2. The Labute approximate surface area is 107 Å². The minimum Gasteiger partial charge on any atom is -0.467 e. The van der Waals surface area contributed by atoms with Crippen molar-refractivity contribution in [3.05, 3.63) is 47.5 Å². The van der Waals surface area contributed by atoms with Crippen LogP contribution in [0.3, 0.4) is 0 Å². The van der Waals surface area contributed by atoms with Crippen LogP contribution in [0, 0.1) is 0 Å². The van der Waals surface area contributed by atoms with Crippen molar-refractivity contribution in [2.45, 2.75) is 26.4 Å². The summed E-state index contributed by atoms with van der Waals surface area (Å²) in [6, 6.07) is 7.95. The number of furan rings is 1. The molecule has 96 valence electrons. The molecule has 0 aromatic carbocycles. The highest BCUT2D eigenvalue weighted by Gasteiger charge is 2.08. The van der Waals surface area contributed by atoms with E-state index in [-0.39, 0.29) is 0 Å². The summed E-state index contributed by atoms with van der Waals surface area (Å²) < 4.78 is 5.34. The first-order valence-corrected chi connectivity index (χ1v) is 6.16. The zero-order valence-electron chi connectivity index (χ0n) is 10.9. The molecule has 2 heterocycles. The van der Waals surface area contributed by atoms with Crippen molar-refractivity contribution in [1.29, 1.82) is 0 Å². The van der Waals surface area contributed by atoms with Crippen LogP contribution in [0.5, 0.6) is 0 Å². The lowest BCUT2D eigenvalue weighted by molar-refractivity contribution is 0.507. The average molecular weight is 245 g/mol. The summed E-state index contributed by atoms with van der Waals surface area (Å²) in [6.07, 6.45) is 2.60. The van der Waals surface area contributed by atoms with Gasteiger partial charge in [-0.05, 0) is 36.2 Å². The average Bonchev–Trinajstić information content (AvgIpc) is 2.90. The molecule has 2 aromatic rings. The Balaban J connectivity index is 2.20. The summed E-state index contributed by atoms with van der Waals surface area (Å²) in [6.45, 7) is 3.34. The van der Waals surface area contributed by atoms with E-state index in [0.717, 1.165) is 29.3 Å². The molecule has 0 spiro atoms. The lowest BCUT2D eigenvalue weighted by Gasteiger charge is -2.18. The topological polar surface area (TPSA) is 55.3 Å². The zero-order chi connectivity index (χ0) is 13.0. The molecule has 0 saturated heterocycles. The van der Waals surface area contributed by atoms with Crippen LogP contribution >= 0.6 is 0 Å². The Kier molecular flexibility index (Phi) is 3.99. The molecule has 2 N–H and O–H groups in total. The number of hydrogen-bond acceptors (Lipinski definition) is 4. The third kappa shape index (κ3) is 2.90. The Bertz CT molecular complexity index is 471. The normalized spacial score (nSPS) is 10.6. The molecule has 0 aliphatic rings. The Morgan fingerprint density at radius 2 is 2.22 bits per heavy atom. The highest BCUT2D eigenvalue weighted by molar-refractivity contribution is 5.42. The van der Waals surface area contributed by atoms with Crippen LogP contribution in [0.1, 0.15) is 23.9 Å². The van der Waals surface area contributed by atoms with Gasteiger partial charge in [-0.1, -0.05) is 6.92 Å². The maximum atomic E-state index is 5.71. The molecule has 2 rings (SSSR count). The fraction of sp³-hybridized carbons (Fsp3) is 0.357. The van der Waals surface area contributed by atoms with Gasteiger partial charge in [0.1, 0.15) is 11.6 Å². The van der Waals surface area contributed by atoms with E-state index < -0.39 is 0 Å². The first-order valence-electron chi connectivity index (χ1n) is 6.16. The number of hydrogen-bond donors (Lipinski definition) is 1. The van der Waals surface area contributed by atoms with Gasteiger partial charge in [0.05, 0.1) is 12.8 Å². The van der Waals surface area contributed by atoms with E-state index in [2.05, 4.69) is 22.9 Å². The quantitative estimate of drug-likeness (QED) is 0.878. The van der Waals surface area contributed by atoms with E-state index >= 15 is 0 Å².